The van der Waals surface area contributed by atoms with Crippen molar-refractivity contribution in [2.24, 2.45) is 0 Å². The van der Waals surface area contributed by atoms with E-state index in [1.165, 1.54) is 4.90 Å². The highest BCUT2D eigenvalue weighted by atomic mass is 35.5. The van der Waals surface area contributed by atoms with Crippen LogP contribution in [0.5, 0.6) is 0 Å². The normalized spacial score (nSPS) is 14.2. The first kappa shape index (κ1) is 23.5. The zero-order valence-corrected chi connectivity index (χ0v) is 17.6. The molecule has 13 heteroatoms. The Balaban J connectivity index is 1.40. The Bertz CT molecular complexity index is 940. The Morgan fingerprint density at radius 1 is 1.12 bits per heavy atom. The Morgan fingerprint density at radius 3 is 2.44 bits per heavy atom. The molecule has 1 aliphatic heterocycles. The molecule has 2 aromatic heterocycles. The lowest BCUT2D eigenvalue weighted by Gasteiger charge is -2.35. The molecule has 1 fully saturated rings. The van der Waals surface area contributed by atoms with Crippen molar-refractivity contribution >= 4 is 35.2 Å². The largest absolute Gasteiger partial charge is 0.456 e. The highest BCUT2D eigenvalue weighted by Gasteiger charge is 2.32. The molecule has 0 saturated carbocycles. The molecule has 0 unspecified atom stereocenters. The van der Waals surface area contributed by atoms with Crippen molar-refractivity contribution in [1.29, 1.82) is 0 Å². The number of aromatic nitrogens is 3. The second kappa shape index (κ2) is 10.4. The van der Waals surface area contributed by atoms with Crippen molar-refractivity contribution < 1.29 is 27.5 Å². The molecular weight excluding hydrogens is 453 g/mol. The molecule has 1 N–H and O–H groups in total. The van der Waals surface area contributed by atoms with Gasteiger partial charge in [-0.15, -0.1) is 0 Å². The number of carbonyl (C=O) groups is 2. The minimum absolute atomic E-state index is 0.0391. The van der Waals surface area contributed by atoms with E-state index in [1.807, 2.05) is 0 Å². The molecule has 0 spiro atoms. The van der Waals surface area contributed by atoms with Crippen LogP contribution < -0.4 is 10.2 Å². The zero-order valence-electron chi connectivity index (χ0n) is 16.8. The third-order valence-electron chi connectivity index (χ3n) is 4.62. The molecule has 0 radical (unpaired) electrons. The van der Waals surface area contributed by atoms with Gasteiger partial charge in [-0.2, -0.15) is 13.2 Å². The molecule has 172 valence electrons. The molecule has 1 amide bonds. The number of halogens is 4. The Morgan fingerprint density at radius 2 is 1.81 bits per heavy atom. The predicted octanol–water partition coefficient (Wildman–Crippen LogP) is 2.24. The second-order valence-corrected chi connectivity index (χ2v) is 7.21. The number of piperazine rings is 1. The number of rotatable bonds is 7. The number of ether oxygens (including phenoxy) is 1. The summed E-state index contributed by atoms with van der Waals surface area (Å²) in [5.74, 6) is -0.282. The number of hydrogen-bond acceptors (Lipinski definition) is 8. The number of nitrogens with zero attached hydrogens (tertiary/aromatic N) is 5. The maximum Gasteiger partial charge on any atom is 0.417 e. The van der Waals surface area contributed by atoms with Crippen LogP contribution in [0, 0.1) is 0 Å². The summed E-state index contributed by atoms with van der Waals surface area (Å²) in [5, 5.41) is 2.75. The topological polar surface area (TPSA) is 101 Å². The molecule has 1 saturated heterocycles. The average Bonchev–Trinajstić information content (AvgIpc) is 2.77. The molecule has 0 aromatic carbocycles. The van der Waals surface area contributed by atoms with E-state index in [2.05, 4.69) is 20.3 Å². The second-order valence-electron chi connectivity index (χ2n) is 6.80. The van der Waals surface area contributed by atoms with Gasteiger partial charge in [-0.05, 0) is 12.1 Å². The van der Waals surface area contributed by atoms with E-state index in [-0.39, 0.29) is 36.3 Å². The van der Waals surface area contributed by atoms with Crippen LogP contribution in [-0.4, -0.2) is 71.1 Å². The van der Waals surface area contributed by atoms with Gasteiger partial charge in [0.15, 0.2) is 6.61 Å². The van der Waals surface area contributed by atoms with Gasteiger partial charge in [-0.3, -0.25) is 9.59 Å². The fraction of sp³-hybridized carbons (Fsp3) is 0.421. The van der Waals surface area contributed by atoms with Crippen molar-refractivity contribution in [3.8, 4) is 0 Å². The van der Waals surface area contributed by atoms with Crippen molar-refractivity contribution in [1.82, 2.24) is 19.9 Å². The van der Waals surface area contributed by atoms with Crippen molar-refractivity contribution in [2.45, 2.75) is 12.6 Å². The lowest BCUT2D eigenvalue weighted by Crippen LogP contribution is -2.50. The van der Waals surface area contributed by atoms with Gasteiger partial charge in [0.2, 0.25) is 5.95 Å². The maximum atomic E-state index is 12.8. The number of anilines is 2. The van der Waals surface area contributed by atoms with Crippen LogP contribution in [-0.2, 0) is 20.5 Å². The number of nitrogens with one attached hydrogen (secondary N) is 1. The van der Waals surface area contributed by atoms with E-state index in [9.17, 15) is 22.8 Å². The quantitative estimate of drug-likeness (QED) is 0.612. The third kappa shape index (κ3) is 6.42. The number of carbonyl (C=O) groups excluding carboxylic acids is 2. The van der Waals surface area contributed by atoms with Crippen molar-refractivity contribution in [2.75, 3.05) is 49.5 Å². The summed E-state index contributed by atoms with van der Waals surface area (Å²) < 4.78 is 43.3. The lowest BCUT2D eigenvalue weighted by molar-refractivity contribution is -0.151. The number of pyridine rings is 1. The monoisotopic (exact) mass is 472 g/mol. The molecule has 0 atom stereocenters. The predicted molar refractivity (Wildman–Crippen MR) is 109 cm³/mol. The molecule has 1 aliphatic rings. The minimum Gasteiger partial charge on any atom is -0.456 e. The van der Waals surface area contributed by atoms with Gasteiger partial charge < -0.3 is 19.9 Å². The van der Waals surface area contributed by atoms with Gasteiger partial charge >= 0.3 is 12.1 Å². The van der Waals surface area contributed by atoms with Crippen LogP contribution in [0.2, 0.25) is 5.02 Å². The van der Waals surface area contributed by atoms with Gasteiger partial charge in [-0.1, -0.05) is 11.6 Å². The van der Waals surface area contributed by atoms with Crippen LogP contribution >= 0.6 is 11.6 Å². The molecule has 32 heavy (non-hydrogen) atoms. The number of esters is 1. The molecule has 3 heterocycles. The van der Waals surface area contributed by atoms with Crippen LogP contribution in [0.3, 0.4) is 0 Å². The van der Waals surface area contributed by atoms with Gasteiger partial charge in [-0.25, -0.2) is 15.0 Å². The average molecular weight is 473 g/mol. The maximum absolute atomic E-state index is 12.8. The number of hydrogen-bond donors (Lipinski definition) is 1. The van der Waals surface area contributed by atoms with Crippen LogP contribution in [0.4, 0.5) is 24.9 Å². The Labute approximate surface area is 186 Å². The molecular formula is C19H20ClF3N6O3. The van der Waals surface area contributed by atoms with Gasteiger partial charge in [0.1, 0.15) is 5.82 Å². The first-order valence-corrected chi connectivity index (χ1v) is 10.0. The zero-order chi connectivity index (χ0) is 23.1. The lowest BCUT2D eigenvalue weighted by atomic mass is 10.2. The third-order valence-corrected chi connectivity index (χ3v) is 4.89. The summed E-state index contributed by atoms with van der Waals surface area (Å²) in [7, 11) is 0. The number of alkyl halides is 3. The van der Waals surface area contributed by atoms with Crippen molar-refractivity contribution in [3.63, 3.8) is 0 Å². The van der Waals surface area contributed by atoms with Gasteiger partial charge in [0.25, 0.3) is 5.91 Å². The van der Waals surface area contributed by atoms with Crippen LogP contribution in [0.15, 0.2) is 30.7 Å². The molecule has 9 nitrogen and oxygen atoms in total. The van der Waals surface area contributed by atoms with E-state index in [0.717, 1.165) is 12.3 Å². The Kier molecular flexibility index (Phi) is 7.67. The minimum atomic E-state index is -4.52. The van der Waals surface area contributed by atoms with Crippen LogP contribution in [0.1, 0.15) is 12.0 Å². The van der Waals surface area contributed by atoms with E-state index in [4.69, 9.17) is 16.3 Å². The van der Waals surface area contributed by atoms with Gasteiger partial charge in [0, 0.05) is 51.3 Å². The molecule has 0 bridgehead atoms. The fourth-order valence-corrected chi connectivity index (χ4v) is 3.24. The summed E-state index contributed by atoms with van der Waals surface area (Å²) in [6.45, 7) is 1.12. The molecule has 2 aromatic rings. The van der Waals surface area contributed by atoms with E-state index in [1.54, 1.807) is 23.4 Å². The standard InChI is InChI=1S/C19H20ClF3N6O3/c20-14-10-13(19(21,22)23)11-27-17(14)29-8-6-28(7-9-29)15(30)12-32-16(31)2-5-26-18-24-3-1-4-25-18/h1,3-4,10-11H,2,5-9,12H2,(H,24,25,26). The highest BCUT2D eigenvalue weighted by Crippen LogP contribution is 2.33. The molecule has 0 aliphatic carbocycles. The fourth-order valence-electron chi connectivity index (χ4n) is 2.96. The van der Waals surface area contributed by atoms with Gasteiger partial charge in [0.05, 0.1) is 17.0 Å². The van der Waals surface area contributed by atoms with E-state index < -0.39 is 17.7 Å². The number of amides is 1. The summed E-state index contributed by atoms with van der Waals surface area (Å²) in [6.07, 6.45) is -0.626. The van der Waals surface area contributed by atoms with Crippen molar-refractivity contribution in [3.05, 3.63) is 41.3 Å². The smallest absolute Gasteiger partial charge is 0.417 e. The molecule has 3 rings (SSSR count). The Hall–Kier alpha value is -3.15. The summed E-state index contributed by atoms with van der Waals surface area (Å²) in [4.78, 5) is 39.1. The summed E-state index contributed by atoms with van der Waals surface area (Å²) >= 11 is 5.98. The first-order valence-electron chi connectivity index (χ1n) is 9.66. The van der Waals surface area contributed by atoms with Crippen LogP contribution in [0.25, 0.3) is 0 Å². The van der Waals surface area contributed by atoms with E-state index in [0.29, 0.717) is 32.1 Å². The summed E-state index contributed by atoms with van der Waals surface area (Å²) in [5.41, 5.74) is -0.923. The highest BCUT2D eigenvalue weighted by molar-refractivity contribution is 6.33. The van der Waals surface area contributed by atoms with E-state index >= 15 is 0 Å². The first-order chi connectivity index (χ1) is 15.2. The summed E-state index contributed by atoms with van der Waals surface area (Å²) in [6, 6.07) is 2.50. The SMILES string of the molecule is O=C(CCNc1ncccn1)OCC(=O)N1CCN(c2ncc(C(F)(F)F)cc2Cl)CC1.